The van der Waals surface area contributed by atoms with Crippen molar-refractivity contribution in [3.8, 4) is 11.8 Å². The monoisotopic (exact) mass is 400 g/mol. The molecule has 0 aliphatic carbocycles. The summed E-state index contributed by atoms with van der Waals surface area (Å²) in [5.74, 6) is -0.907. The molecule has 9 heteroatoms. The molecule has 1 aliphatic rings. The quantitative estimate of drug-likeness (QED) is 0.721. The normalized spacial score (nSPS) is 12.3. The molecule has 2 heterocycles. The molecule has 3 rings (SSSR count). The van der Waals surface area contributed by atoms with E-state index in [0.717, 1.165) is 4.57 Å². The van der Waals surface area contributed by atoms with Crippen LogP contribution < -0.4 is 16.0 Å². The fourth-order valence-electron chi connectivity index (χ4n) is 3.53. The summed E-state index contributed by atoms with van der Waals surface area (Å²) in [6.45, 7) is 2.11. The molecular weight excluding hydrogens is 379 g/mol. The van der Waals surface area contributed by atoms with E-state index in [-0.39, 0.29) is 17.9 Å². The van der Waals surface area contributed by atoms with Crippen LogP contribution >= 0.6 is 0 Å². The highest BCUT2D eigenvalue weighted by molar-refractivity contribution is 5.76. The Labute approximate surface area is 166 Å². The lowest BCUT2D eigenvalue weighted by Crippen LogP contribution is -2.45. The molecule has 0 N–H and O–H groups in total. The van der Waals surface area contributed by atoms with Crippen LogP contribution in [0.25, 0.3) is 0 Å². The molecule has 1 aromatic carbocycles. The molecule has 1 amide bonds. The van der Waals surface area contributed by atoms with Gasteiger partial charge in [-0.3, -0.25) is 14.2 Å². The second kappa shape index (κ2) is 8.31. The van der Waals surface area contributed by atoms with Crippen molar-refractivity contribution in [2.24, 2.45) is 0 Å². The number of nitrogens with zero attached hydrogens (tertiary/aromatic N) is 4. The van der Waals surface area contributed by atoms with Crippen molar-refractivity contribution in [1.29, 1.82) is 5.26 Å². The van der Waals surface area contributed by atoms with E-state index < -0.39 is 29.5 Å². The van der Waals surface area contributed by atoms with Gasteiger partial charge in [0.2, 0.25) is 5.91 Å². The number of ether oxygens (including phenoxy) is 1. The van der Waals surface area contributed by atoms with Crippen LogP contribution in [-0.4, -0.2) is 33.6 Å². The zero-order valence-corrected chi connectivity index (χ0v) is 16.3. The highest BCUT2D eigenvalue weighted by atomic mass is 19.1. The first-order chi connectivity index (χ1) is 13.9. The van der Waals surface area contributed by atoms with Crippen LogP contribution in [-0.2, 0) is 30.8 Å². The number of fused-ring (bicyclic) bond motifs is 1. The van der Waals surface area contributed by atoms with Gasteiger partial charge in [-0.1, -0.05) is 6.07 Å². The topological polar surface area (TPSA) is 97.3 Å². The van der Waals surface area contributed by atoms with Crippen molar-refractivity contribution in [2.75, 3.05) is 13.7 Å². The summed E-state index contributed by atoms with van der Waals surface area (Å²) >= 11 is 0. The second-order valence-corrected chi connectivity index (χ2v) is 6.74. The Balaban J connectivity index is 1.87. The van der Waals surface area contributed by atoms with Gasteiger partial charge in [-0.05, 0) is 37.5 Å². The lowest BCUT2D eigenvalue weighted by Gasteiger charge is -2.22. The predicted octanol–water partition coefficient (Wildman–Crippen LogP) is 1.02. The summed E-state index contributed by atoms with van der Waals surface area (Å²) in [5, 5.41) is 9.33. The Morgan fingerprint density at radius 3 is 2.76 bits per heavy atom. The average molecular weight is 400 g/mol. The van der Waals surface area contributed by atoms with Gasteiger partial charge in [0.25, 0.3) is 5.56 Å². The average Bonchev–Trinajstić information content (AvgIpc) is 3.19. The summed E-state index contributed by atoms with van der Waals surface area (Å²) in [6.07, 6.45) is 1.16. The number of amides is 1. The van der Waals surface area contributed by atoms with Gasteiger partial charge in [-0.2, -0.15) is 5.26 Å². The van der Waals surface area contributed by atoms with Crippen LogP contribution in [0.4, 0.5) is 4.39 Å². The van der Waals surface area contributed by atoms with Crippen molar-refractivity contribution in [1.82, 2.24) is 14.0 Å². The number of carbonyl (C=O) groups is 1. The molecular formula is C20H21FN4O4. The predicted molar refractivity (Wildman–Crippen MR) is 102 cm³/mol. The Morgan fingerprint density at radius 1 is 1.38 bits per heavy atom. The van der Waals surface area contributed by atoms with Crippen molar-refractivity contribution in [3.05, 3.63) is 61.7 Å². The number of likely N-dealkylation sites (N-methyl/N-ethyl adjacent to an activating group) is 1. The summed E-state index contributed by atoms with van der Waals surface area (Å²) in [4.78, 5) is 39.4. The maximum atomic E-state index is 13.9. The molecule has 0 fully saturated rings. The van der Waals surface area contributed by atoms with E-state index in [9.17, 15) is 24.0 Å². The molecule has 0 unspecified atom stereocenters. The van der Waals surface area contributed by atoms with Crippen LogP contribution in [0.3, 0.4) is 0 Å². The Hall–Kier alpha value is -3.41. The fraction of sp³-hybridized carbons (Fsp3) is 0.400. The lowest BCUT2D eigenvalue weighted by molar-refractivity contribution is -0.132. The first-order valence-corrected chi connectivity index (χ1v) is 9.28. The molecule has 0 saturated carbocycles. The van der Waals surface area contributed by atoms with E-state index in [4.69, 9.17) is 4.74 Å². The van der Waals surface area contributed by atoms with E-state index in [1.54, 1.807) is 13.0 Å². The molecule has 0 saturated heterocycles. The molecule has 1 aromatic heterocycles. The van der Waals surface area contributed by atoms with Crippen LogP contribution in [0.5, 0.6) is 5.75 Å². The summed E-state index contributed by atoms with van der Waals surface area (Å²) in [6, 6.07) is 6.25. The third-order valence-corrected chi connectivity index (χ3v) is 5.06. The zero-order valence-electron chi connectivity index (χ0n) is 16.3. The van der Waals surface area contributed by atoms with Crippen LogP contribution in [0, 0.1) is 17.1 Å². The molecule has 8 nitrogen and oxygen atoms in total. The molecule has 29 heavy (non-hydrogen) atoms. The van der Waals surface area contributed by atoms with Crippen LogP contribution in [0.2, 0.25) is 0 Å². The van der Waals surface area contributed by atoms with E-state index in [1.165, 1.54) is 28.7 Å². The van der Waals surface area contributed by atoms with Gasteiger partial charge in [0.15, 0.2) is 11.6 Å². The highest BCUT2D eigenvalue weighted by Gasteiger charge is 2.24. The number of methoxy groups -OCH3 is 1. The Morgan fingerprint density at radius 2 is 2.14 bits per heavy atom. The molecule has 1 aliphatic heterocycles. The maximum absolute atomic E-state index is 13.9. The second-order valence-electron chi connectivity index (χ2n) is 6.74. The number of hydrogen-bond acceptors (Lipinski definition) is 5. The first-order valence-electron chi connectivity index (χ1n) is 9.28. The number of carbonyl (C=O) groups excluding carboxylic acids is 1. The Kier molecular flexibility index (Phi) is 5.82. The van der Waals surface area contributed by atoms with Crippen molar-refractivity contribution >= 4 is 5.91 Å². The van der Waals surface area contributed by atoms with E-state index in [1.807, 2.05) is 6.07 Å². The number of benzene rings is 1. The van der Waals surface area contributed by atoms with Gasteiger partial charge in [0.1, 0.15) is 18.2 Å². The van der Waals surface area contributed by atoms with Gasteiger partial charge in [-0.25, -0.2) is 13.8 Å². The number of rotatable bonds is 6. The third kappa shape index (κ3) is 3.78. The van der Waals surface area contributed by atoms with E-state index in [0.29, 0.717) is 37.2 Å². The van der Waals surface area contributed by atoms with Gasteiger partial charge in [-0.15, -0.1) is 0 Å². The Bertz CT molecular complexity index is 1110. The first kappa shape index (κ1) is 20.3. The van der Waals surface area contributed by atoms with Gasteiger partial charge < -0.3 is 9.64 Å². The molecule has 152 valence electrons. The molecule has 0 atom stereocenters. The van der Waals surface area contributed by atoms with Gasteiger partial charge in [0.05, 0.1) is 7.11 Å². The minimum Gasteiger partial charge on any atom is -0.494 e. The molecule has 0 spiro atoms. The van der Waals surface area contributed by atoms with Gasteiger partial charge >= 0.3 is 5.69 Å². The SMILES string of the molecule is CCN(Cc1ccc(OC)c(F)c1)C(=O)Cn1c(=O)c(C#N)c2n(c1=O)CCC2. The summed E-state index contributed by atoms with van der Waals surface area (Å²) in [5.41, 5.74) is -0.427. The smallest absolute Gasteiger partial charge is 0.331 e. The standard InChI is InChI=1S/C20H21FN4O4/c1-3-23(11-13-6-7-17(29-2)15(21)9-13)18(26)12-25-19(27)14(10-22)16-5-4-8-24(16)20(25)28/h6-7,9H,3-5,8,11-12H2,1-2H3. The third-order valence-electron chi connectivity index (χ3n) is 5.06. The minimum atomic E-state index is -0.745. The molecule has 0 bridgehead atoms. The van der Waals surface area contributed by atoms with Crippen LogP contribution in [0.1, 0.15) is 30.2 Å². The fourth-order valence-corrected chi connectivity index (χ4v) is 3.53. The molecule has 0 radical (unpaired) electrons. The van der Waals surface area contributed by atoms with E-state index in [2.05, 4.69) is 0 Å². The number of aromatic nitrogens is 2. The lowest BCUT2D eigenvalue weighted by atomic mass is 10.2. The molecule has 2 aromatic rings. The summed E-state index contributed by atoms with van der Waals surface area (Å²) in [7, 11) is 1.36. The summed E-state index contributed by atoms with van der Waals surface area (Å²) < 4.78 is 21.0. The van der Waals surface area contributed by atoms with Crippen molar-refractivity contribution < 1.29 is 13.9 Å². The zero-order chi connectivity index (χ0) is 21.1. The number of hydrogen-bond donors (Lipinski definition) is 0. The van der Waals surface area contributed by atoms with E-state index >= 15 is 0 Å². The van der Waals surface area contributed by atoms with Crippen molar-refractivity contribution in [3.63, 3.8) is 0 Å². The highest BCUT2D eigenvalue weighted by Crippen LogP contribution is 2.19. The number of halogens is 1. The minimum absolute atomic E-state index is 0.0878. The maximum Gasteiger partial charge on any atom is 0.331 e. The van der Waals surface area contributed by atoms with Crippen molar-refractivity contribution in [2.45, 2.75) is 39.4 Å². The van der Waals surface area contributed by atoms with Gasteiger partial charge in [0, 0.05) is 25.3 Å². The largest absolute Gasteiger partial charge is 0.494 e. The van der Waals surface area contributed by atoms with Crippen LogP contribution in [0.15, 0.2) is 27.8 Å². The number of nitriles is 1.